The average molecular weight is 258 g/mol. The van der Waals surface area contributed by atoms with E-state index in [0.717, 1.165) is 37.9 Å². The highest BCUT2D eigenvalue weighted by Crippen LogP contribution is 2.27. The van der Waals surface area contributed by atoms with E-state index >= 15 is 0 Å². The summed E-state index contributed by atoms with van der Waals surface area (Å²) in [5, 5.41) is 3.40. The Balaban J connectivity index is 1.55. The number of aryl methyl sites for hydroxylation is 1. The third-order valence-electron chi connectivity index (χ3n) is 4.08. The van der Waals surface area contributed by atoms with Gasteiger partial charge in [0, 0.05) is 6.42 Å². The Morgan fingerprint density at radius 2 is 1.95 bits per heavy atom. The van der Waals surface area contributed by atoms with Gasteiger partial charge in [0.2, 0.25) is 0 Å². The molecule has 0 spiro atoms. The normalized spacial score (nSPS) is 24.1. The highest BCUT2D eigenvalue weighted by Gasteiger charge is 2.24. The van der Waals surface area contributed by atoms with Gasteiger partial charge in [-0.1, -0.05) is 29.8 Å². The topological polar surface area (TPSA) is 33.6 Å². The lowest BCUT2D eigenvalue weighted by Gasteiger charge is -2.22. The number of nitrogens with zero attached hydrogens (tertiary/aromatic N) is 1. The summed E-state index contributed by atoms with van der Waals surface area (Å²) in [6.45, 7) is 5.17. The van der Waals surface area contributed by atoms with Crippen LogP contribution in [0.2, 0.25) is 0 Å². The van der Waals surface area contributed by atoms with Gasteiger partial charge in [-0.05, 0) is 44.3 Å². The van der Waals surface area contributed by atoms with Gasteiger partial charge in [0.15, 0.2) is 5.90 Å². The number of rotatable bonds is 3. The molecule has 1 saturated heterocycles. The van der Waals surface area contributed by atoms with Crippen molar-refractivity contribution >= 4 is 5.90 Å². The zero-order valence-electron chi connectivity index (χ0n) is 11.6. The molecule has 1 fully saturated rings. The summed E-state index contributed by atoms with van der Waals surface area (Å²) < 4.78 is 6.02. The van der Waals surface area contributed by atoms with Gasteiger partial charge in [0.1, 0.15) is 6.10 Å². The zero-order chi connectivity index (χ0) is 13.1. The Bertz CT molecular complexity index is 446. The summed E-state index contributed by atoms with van der Waals surface area (Å²) in [7, 11) is 0. The highest BCUT2D eigenvalue weighted by atomic mass is 16.5. The number of piperidine rings is 1. The van der Waals surface area contributed by atoms with Gasteiger partial charge < -0.3 is 10.1 Å². The summed E-state index contributed by atoms with van der Waals surface area (Å²) in [4.78, 5) is 4.58. The molecule has 0 aromatic heterocycles. The Morgan fingerprint density at radius 1 is 1.21 bits per heavy atom. The van der Waals surface area contributed by atoms with Gasteiger partial charge in [0.25, 0.3) is 0 Å². The van der Waals surface area contributed by atoms with Gasteiger partial charge in [-0.15, -0.1) is 0 Å². The summed E-state index contributed by atoms with van der Waals surface area (Å²) >= 11 is 0. The number of aliphatic imine (C=N–C) groups is 1. The van der Waals surface area contributed by atoms with Crippen LogP contribution in [0.4, 0.5) is 0 Å². The molecule has 2 heterocycles. The lowest BCUT2D eigenvalue weighted by Crippen LogP contribution is -2.29. The molecule has 2 aliphatic rings. The van der Waals surface area contributed by atoms with E-state index in [0.29, 0.717) is 0 Å². The van der Waals surface area contributed by atoms with E-state index < -0.39 is 0 Å². The van der Waals surface area contributed by atoms with Gasteiger partial charge in [-0.3, -0.25) is 4.99 Å². The molecule has 0 radical (unpaired) electrons. The maximum absolute atomic E-state index is 6.02. The first kappa shape index (κ1) is 12.7. The van der Waals surface area contributed by atoms with E-state index in [-0.39, 0.29) is 6.10 Å². The van der Waals surface area contributed by atoms with E-state index in [1.54, 1.807) is 0 Å². The summed E-state index contributed by atoms with van der Waals surface area (Å²) in [5.74, 6) is 1.72. The van der Waals surface area contributed by atoms with Crippen molar-refractivity contribution in [2.45, 2.75) is 32.3 Å². The van der Waals surface area contributed by atoms with Crippen LogP contribution < -0.4 is 5.32 Å². The first-order valence-electron chi connectivity index (χ1n) is 7.28. The second-order valence-corrected chi connectivity index (χ2v) is 5.65. The molecule has 1 unspecified atom stereocenters. The minimum Gasteiger partial charge on any atom is -0.471 e. The van der Waals surface area contributed by atoms with Crippen molar-refractivity contribution in [1.29, 1.82) is 0 Å². The summed E-state index contributed by atoms with van der Waals surface area (Å²) in [6, 6.07) is 8.60. The lowest BCUT2D eigenvalue weighted by molar-refractivity contribution is 0.216. The van der Waals surface area contributed by atoms with E-state index in [1.807, 2.05) is 0 Å². The Kier molecular flexibility index (Phi) is 3.83. The molecule has 1 N–H and O–H groups in total. The van der Waals surface area contributed by atoms with Crippen LogP contribution in [0.15, 0.2) is 29.3 Å². The van der Waals surface area contributed by atoms with Gasteiger partial charge >= 0.3 is 0 Å². The molecule has 102 valence electrons. The third-order valence-corrected chi connectivity index (χ3v) is 4.08. The second kappa shape index (κ2) is 5.74. The zero-order valence-corrected chi connectivity index (χ0v) is 11.6. The molecule has 1 aromatic rings. The molecule has 0 bridgehead atoms. The number of benzene rings is 1. The molecule has 1 atom stereocenters. The first-order chi connectivity index (χ1) is 9.31. The van der Waals surface area contributed by atoms with E-state index in [4.69, 9.17) is 4.74 Å². The fraction of sp³-hybridized carbons (Fsp3) is 0.562. The van der Waals surface area contributed by atoms with Crippen LogP contribution in [-0.4, -0.2) is 25.5 Å². The minimum absolute atomic E-state index is 0.136. The van der Waals surface area contributed by atoms with Crippen molar-refractivity contribution in [1.82, 2.24) is 5.32 Å². The number of hydrogen-bond acceptors (Lipinski definition) is 3. The molecule has 0 amide bonds. The van der Waals surface area contributed by atoms with Crippen molar-refractivity contribution in [3.8, 4) is 0 Å². The van der Waals surface area contributed by atoms with Gasteiger partial charge in [-0.25, -0.2) is 0 Å². The van der Waals surface area contributed by atoms with E-state index in [2.05, 4.69) is 41.5 Å². The lowest BCUT2D eigenvalue weighted by atomic mass is 9.95. The molecular weight excluding hydrogens is 236 g/mol. The monoisotopic (exact) mass is 258 g/mol. The van der Waals surface area contributed by atoms with Crippen LogP contribution in [0, 0.1) is 12.8 Å². The molecule has 19 heavy (non-hydrogen) atoms. The first-order valence-corrected chi connectivity index (χ1v) is 7.28. The Labute approximate surface area is 115 Å². The van der Waals surface area contributed by atoms with E-state index in [9.17, 15) is 0 Å². The molecule has 0 saturated carbocycles. The second-order valence-electron chi connectivity index (χ2n) is 5.65. The maximum atomic E-state index is 6.02. The van der Waals surface area contributed by atoms with Crippen LogP contribution in [0.3, 0.4) is 0 Å². The van der Waals surface area contributed by atoms with Crippen LogP contribution in [0.5, 0.6) is 0 Å². The van der Waals surface area contributed by atoms with Gasteiger partial charge in [0.05, 0.1) is 6.54 Å². The van der Waals surface area contributed by atoms with Crippen molar-refractivity contribution < 1.29 is 4.74 Å². The van der Waals surface area contributed by atoms with Crippen LogP contribution in [0.25, 0.3) is 0 Å². The minimum atomic E-state index is 0.136. The van der Waals surface area contributed by atoms with Crippen molar-refractivity contribution in [3.05, 3.63) is 35.4 Å². The highest BCUT2D eigenvalue weighted by molar-refractivity contribution is 5.78. The molecule has 3 rings (SSSR count). The van der Waals surface area contributed by atoms with Crippen LogP contribution in [-0.2, 0) is 4.74 Å². The number of ether oxygens (including phenoxy) is 1. The molecule has 3 nitrogen and oxygen atoms in total. The quantitative estimate of drug-likeness (QED) is 0.904. The predicted octanol–water partition coefficient (Wildman–Crippen LogP) is 2.85. The number of nitrogens with one attached hydrogen (secondary N) is 1. The fourth-order valence-corrected chi connectivity index (χ4v) is 2.82. The maximum Gasteiger partial charge on any atom is 0.184 e. The van der Waals surface area contributed by atoms with Crippen molar-refractivity contribution in [2.24, 2.45) is 10.9 Å². The van der Waals surface area contributed by atoms with Crippen LogP contribution >= 0.6 is 0 Å². The largest absolute Gasteiger partial charge is 0.471 e. The molecule has 1 aromatic carbocycles. The van der Waals surface area contributed by atoms with Crippen molar-refractivity contribution in [3.63, 3.8) is 0 Å². The van der Waals surface area contributed by atoms with E-state index in [1.165, 1.54) is 24.0 Å². The Hall–Kier alpha value is -1.35. The molecule has 2 aliphatic heterocycles. The summed E-state index contributed by atoms with van der Waals surface area (Å²) in [5.41, 5.74) is 2.53. The van der Waals surface area contributed by atoms with Crippen molar-refractivity contribution in [2.75, 3.05) is 19.6 Å². The van der Waals surface area contributed by atoms with Gasteiger partial charge in [-0.2, -0.15) is 0 Å². The molecular formula is C16H22N2O. The fourth-order valence-electron chi connectivity index (χ4n) is 2.82. The van der Waals surface area contributed by atoms with Crippen LogP contribution in [0.1, 0.15) is 36.5 Å². The summed E-state index contributed by atoms with van der Waals surface area (Å²) in [6.07, 6.45) is 3.65. The molecule has 3 heteroatoms. The average Bonchev–Trinajstić information content (AvgIpc) is 2.89. The Morgan fingerprint density at radius 3 is 2.68 bits per heavy atom. The predicted molar refractivity (Wildman–Crippen MR) is 77.5 cm³/mol. The SMILES string of the molecule is Cc1ccc(C2CN=C(CC3CCNCC3)O2)cc1. The standard InChI is InChI=1S/C16H22N2O/c1-12-2-4-14(5-3-12)15-11-18-16(19-15)10-13-6-8-17-9-7-13/h2-5,13,15,17H,6-11H2,1H3. The smallest absolute Gasteiger partial charge is 0.184 e. The molecule has 0 aliphatic carbocycles. The number of hydrogen-bond donors (Lipinski definition) is 1. The third kappa shape index (κ3) is 3.16.